The van der Waals surface area contributed by atoms with Crippen molar-refractivity contribution in [2.75, 3.05) is 20.3 Å². The minimum absolute atomic E-state index is 0.132. The Balaban J connectivity index is 2.75. The van der Waals surface area contributed by atoms with E-state index in [1.165, 1.54) is 12.0 Å². The maximum absolute atomic E-state index is 12.1. The van der Waals surface area contributed by atoms with Crippen molar-refractivity contribution in [2.24, 2.45) is 5.92 Å². The first kappa shape index (κ1) is 15.8. The number of ether oxygens (including phenoxy) is 2. The summed E-state index contributed by atoms with van der Waals surface area (Å²) < 4.78 is 10.0. The smallest absolute Gasteiger partial charge is 0.410 e. The Morgan fingerprint density at radius 2 is 1.95 bits per heavy atom. The molecule has 1 N–H and O–H groups in total. The molecule has 2 atom stereocenters. The molecule has 1 fully saturated rings. The van der Waals surface area contributed by atoms with Crippen LogP contribution in [0.5, 0.6) is 0 Å². The van der Waals surface area contributed by atoms with Gasteiger partial charge in [0.25, 0.3) is 0 Å². The second-order valence-electron chi connectivity index (χ2n) is 5.77. The highest BCUT2D eigenvalue weighted by Crippen LogP contribution is 2.24. The van der Waals surface area contributed by atoms with Crippen LogP contribution >= 0.6 is 0 Å². The second-order valence-corrected chi connectivity index (χ2v) is 5.77. The quantitative estimate of drug-likeness (QED) is 0.764. The summed E-state index contributed by atoms with van der Waals surface area (Å²) in [4.78, 5) is 25.1. The van der Waals surface area contributed by atoms with Crippen molar-refractivity contribution in [3.63, 3.8) is 0 Å². The lowest BCUT2D eigenvalue weighted by atomic mass is 9.93. The third-order valence-electron chi connectivity index (χ3n) is 3.08. The van der Waals surface area contributed by atoms with E-state index in [9.17, 15) is 14.7 Å². The van der Waals surface area contributed by atoms with Gasteiger partial charge in [-0.3, -0.25) is 4.79 Å². The number of methoxy groups -OCH3 is 1. The molecule has 0 radical (unpaired) electrons. The van der Waals surface area contributed by atoms with Crippen molar-refractivity contribution < 1.29 is 24.2 Å². The maximum atomic E-state index is 12.1. The average molecular weight is 273 g/mol. The molecule has 0 aromatic rings. The molecule has 0 aromatic carbocycles. The van der Waals surface area contributed by atoms with Crippen molar-refractivity contribution >= 4 is 12.1 Å². The van der Waals surface area contributed by atoms with Gasteiger partial charge in [0.05, 0.1) is 25.7 Å². The van der Waals surface area contributed by atoms with Crippen LogP contribution in [0.1, 0.15) is 33.6 Å². The Morgan fingerprint density at radius 3 is 2.42 bits per heavy atom. The SMILES string of the molecule is COC(=O)[C@H]1CC[C@@H](CO)N(C(=O)OC(C)(C)C)C1. The molecule has 19 heavy (non-hydrogen) atoms. The Bertz CT molecular complexity index is 336. The zero-order valence-corrected chi connectivity index (χ0v) is 12.0. The van der Waals surface area contributed by atoms with Crippen LogP contribution in [0, 0.1) is 5.92 Å². The number of aliphatic hydroxyl groups is 1. The van der Waals surface area contributed by atoms with Crippen LogP contribution in [-0.2, 0) is 14.3 Å². The van der Waals surface area contributed by atoms with Crippen molar-refractivity contribution in [3.05, 3.63) is 0 Å². The summed E-state index contributed by atoms with van der Waals surface area (Å²) in [6, 6.07) is -0.296. The van der Waals surface area contributed by atoms with E-state index in [2.05, 4.69) is 0 Å². The van der Waals surface area contributed by atoms with E-state index in [-0.39, 0.29) is 31.1 Å². The van der Waals surface area contributed by atoms with Gasteiger partial charge in [-0.25, -0.2) is 4.79 Å². The molecule has 1 amide bonds. The van der Waals surface area contributed by atoms with Gasteiger partial charge in [0.2, 0.25) is 0 Å². The lowest BCUT2D eigenvalue weighted by Gasteiger charge is -2.38. The largest absolute Gasteiger partial charge is 0.469 e. The van der Waals surface area contributed by atoms with Gasteiger partial charge in [-0.05, 0) is 33.6 Å². The predicted octanol–water partition coefficient (Wildman–Crippen LogP) is 1.17. The summed E-state index contributed by atoms with van der Waals surface area (Å²) in [7, 11) is 1.33. The summed E-state index contributed by atoms with van der Waals surface area (Å²) in [5.41, 5.74) is -0.602. The number of carbonyl (C=O) groups is 2. The first-order valence-electron chi connectivity index (χ1n) is 6.46. The van der Waals surface area contributed by atoms with E-state index < -0.39 is 11.7 Å². The number of likely N-dealkylation sites (tertiary alicyclic amines) is 1. The number of hydrogen-bond acceptors (Lipinski definition) is 5. The molecule has 110 valence electrons. The molecule has 0 bridgehead atoms. The van der Waals surface area contributed by atoms with Gasteiger partial charge in [0.1, 0.15) is 5.60 Å². The molecule has 1 rings (SSSR count). The summed E-state index contributed by atoms with van der Waals surface area (Å²) >= 11 is 0. The summed E-state index contributed by atoms with van der Waals surface area (Å²) in [5.74, 6) is -0.676. The maximum Gasteiger partial charge on any atom is 0.410 e. The number of esters is 1. The fraction of sp³-hybridized carbons (Fsp3) is 0.846. The van der Waals surface area contributed by atoms with Gasteiger partial charge in [-0.1, -0.05) is 0 Å². The molecule has 6 nitrogen and oxygen atoms in total. The summed E-state index contributed by atoms with van der Waals surface area (Å²) in [5, 5.41) is 9.33. The first-order chi connectivity index (χ1) is 8.78. The number of carbonyl (C=O) groups excluding carboxylic acids is 2. The zero-order chi connectivity index (χ0) is 14.6. The standard InChI is InChI=1S/C13H23NO5/c1-13(2,3)19-12(17)14-7-9(11(16)18-4)5-6-10(14)8-15/h9-10,15H,5-8H2,1-4H3/t9-,10-/m0/s1. The summed E-state index contributed by atoms with van der Waals surface area (Å²) in [6.45, 7) is 5.43. The minimum Gasteiger partial charge on any atom is -0.469 e. The van der Waals surface area contributed by atoms with E-state index in [4.69, 9.17) is 9.47 Å². The Morgan fingerprint density at radius 1 is 1.32 bits per heavy atom. The molecule has 0 spiro atoms. The predicted molar refractivity (Wildman–Crippen MR) is 68.6 cm³/mol. The van der Waals surface area contributed by atoms with E-state index >= 15 is 0 Å². The third-order valence-corrected chi connectivity index (χ3v) is 3.08. The van der Waals surface area contributed by atoms with Crippen LogP contribution in [0.3, 0.4) is 0 Å². The van der Waals surface area contributed by atoms with Crippen molar-refractivity contribution in [2.45, 2.75) is 45.3 Å². The molecule has 1 aliphatic rings. The lowest BCUT2D eigenvalue weighted by Crippen LogP contribution is -2.51. The second kappa shape index (κ2) is 6.23. The molecular weight excluding hydrogens is 250 g/mol. The topological polar surface area (TPSA) is 76.1 Å². The molecule has 0 aliphatic carbocycles. The summed E-state index contributed by atoms with van der Waals surface area (Å²) in [6.07, 6.45) is 0.673. The Hall–Kier alpha value is -1.30. The molecular formula is C13H23NO5. The van der Waals surface area contributed by atoms with Crippen LogP contribution < -0.4 is 0 Å². The highest BCUT2D eigenvalue weighted by molar-refractivity contribution is 5.75. The average Bonchev–Trinajstić information content (AvgIpc) is 2.35. The van der Waals surface area contributed by atoms with Crippen LogP contribution in [-0.4, -0.2) is 54.0 Å². The van der Waals surface area contributed by atoms with Gasteiger partial charge >= 0.3 is 12.1 Å². The number of rotatable bonds is 2. The number of hydrogen-bond donors (Lipinski definition) is 1. The van der Waals surface area contributed by atoms with Gasteiger partial charge in [0, 0.05) is 6.54 Å². The molecule has 0 aromatic heterocycles. The van der Waals surface area contributed by atoms with Crippen LogP contribution in [0.15, 0.2) is 0 Å². The number of aliphatic hydroxyl groups excluding tert-OH is 1. The highest BCUT2D eigenvalue weighted by Gasteiger charge is 2.36. The number of amides is 1. The lowest BCUT2D eigenvalue weighted by molar-refractivity contribution is -0.147. The van der Waals surface area contributed by atoms with Crippen LogP contribution in [0.4, 0.5) is 4.79 Å². The van der Waals surface area contributed by atoms with E-state index in [0.717, 1.165) is 0 Å². The minimum atomic E-state index is -0.602. The fourth-order valence-corrected chi connectivity index (χ4v) is 2.12. The van der Waals surface area contributed by atoms with Gasteiger partial charge in [-0.2, -0.15) is 0 Å². The first-order valence-corrected chi connectivity index (χ1v) is 6.46. The van der Waals surface area contributed by atoms with Crippen molar-refractivity contribution in [1.29, 1.82) is 0 Å². The number of nitrogens with zero attached hydrogens (tertiary/aromatic N) is 1. The fourth-order valence-electron chi connectivity index (χ4n) is 2.12. The van der Waals surface area contributed by atoms with Crippen molar-refractivity contribution in [3.8, 4) is 0 Å². The third kappa shape index (κ3) is 4.38. The molecule has 1 aliphatic heterocycles. The molecule has 1 heterocycles. The molecule has 0 unspecified atom stereocenters. The van der Waals surface area contributed by atoms with E-state index in [1.54, 1.807) is 20.8 Å². The zero-order valence-electron chi connectivity index (χ0n) is 12.0. The normalized spacial score (nSPS) is 23.9. The van der Waals surface area contributed by atoms with E-state index in [1.807, 2.05) is 0 Å². The monoisotopic (exact) mass is 273 g/mol. The van der Waals surface area contributed by atoms with Crippen molar-refractivity contribution in [1.82, 2.24) is 4.90 Å². The van der Waals surface area contributed by atoms with Gasteiger partial charge in [0.15, 0.2) is 0 Å². The Kier molecular flexibility index (Phi) is 5.17. The van der Waals surface area contributed by atoms with Gasteiger partial charge in [-0.15, -0.1) is 0 Å². The highest BCUT2D eigenvalue weighted by atomic mass is 16.6. The molecule has 1 saturated heterocycles. The molecule has 0 saturated carbocycles. The van der Waals surface area contributed by atoms with Crippen LogP contribution in [0.2, 0.25) is 0 Å². The Labute approximate surface area is 113 Å². The number of piperidine rings is 1. The van der Waals surface area contributed by atoms with E-state index in [0.29, 0.717) is 12.8 Å². The molecule has 6 heteroatoms. The van der Waals surface area contributed by atoms with Gasteiger partial charge < -0.3 is 19.5 Å². The van der Waals surface area contributed by atoms with Crippen LogP contribution in [0.25, 0.3) is 0 Å².